The standard InChI is InChI=1S/C16H30N2O/c1-3-12-5-4-6-14(9-12)18-16(19)15-10-13(17)8-7-11(15)2/h11-15H,3-10,17H2,1-2H3,(H,18,19). The molecule has 3 nitrogen and oxygen atoms in total. The molecule has 2 aliphatic carbocycles. The van der Waals surface area contributed by atoms with Crippen molar-refractivity contribution in [2.75, 3.05) is 0 Å². The van der Waals surface area contributed by atoms with Crippen LogP contribution in [0.4, 0.5) is 0 Å². The zero-order chi connectivity index (χ0) is 13.8. The van der Waals surface area contributed by atoms with Gasteiger partial charge in [-0.25, -0.2) is 0 Å². The maximum absolute atomic E-state index is 12.5. The molecular formula is C16H30N2O. The van der Waals surface area contributed by atoms with Crippen LogP contribution in [-0.2, 0) is 4.79 Å². The molecule has 0 bridgehead atoms. The van der Waals surface area contributed by atoms with Gasteiger partial charge in [-0.1, -0.05) is 33.1 Å². The second-order valence-corrected chi connectivity index (χ2v) is 6.80. The molecule has 110 valence electrons. The number of carbonyl (C=O) groups is 1. The van der Waals surface area contributed by atoms with Crippen LogP contribution in [0.25, 0.3) is 0 Å². The third kappa shape index (κ3) is 3.95. The lowest BCUT2D eigenvalue weighted by Gasteiger charge is -2.34. The van der Waals surface area contributed by atoms with Crippen LogP contribution in [0.2, 0.25) is 0 Å². The molecule has 19 heavy (non-hydrogen) atoms. The molecule has 0 saturated heterocycles. The zero-order valence-corrected chi connectivity index (χ0v) is 12.5. The fourth-order valence-corrected chi connectivity index (χ4v) is 3.82. The fraction of sp³-hybridized carbons (Fsp3) is 0.938. The predicted molar refractivity (Wildman–Crippen MR) is 78.7 cm³/mol. The first-order valence-corrected chi connectivity index (χ1v) is 8.16. The molecule has 2 aliphatic rings. The summed E-state index contributed by atoms with van der Waals surface area (Å²) in [5, 5.41) is 3.31. The largest absolute Gasteiger partial charge is 0.353 e. The van der Waals surface area contributed by atoms with Gasteiger partial charge in [0.05, 0.1) is 0 Å². The quantitative estimate of drug-likeness (QED) is 0.825. The SMILES string of the molecule is CCC1CCCC(NC(=O)C2CC(N)CCC2C)C1. The van der Waals surface area contributed by atoms with E-state index in [-0.39, 0.29) is 17.9 Å². The Kier molecular flexibility index (Phi) is 5.26. The van der Waals surface area contributed by atoms with E-state index in [1.54, 1.807) is 0 Å². The van der Waals surface area contributed by atoms with Crippen LogP contribution in [0.15, 0.2) is 0 Å². The van der Waals surface area contributed by atoms with Gasteiger partial charge in [0, 0.05) is 18.0 Å². The van der Waals surface area contributed by atoms with Crippen LogP contribution in [0, 0.1) is 17.8 Å². The van der Waals surface area contributed by atoms with Gasteiger partial charge in [0.1, 0.15) is 0 Å². The van der Waals surface area contributed by atoms with Crippen LogP contribution in [-0.4, -0.2) is 18.0 Å². The lowest BCUT2D eigenvalue weighted by molar-refractivity contribution is -0.128. The molecule has 0 radical (unpaired) electrons. The highest BCUT2D eigenvalue weighted by atomic mass is 16.2. The summed E-state index contributed by atoms with van der Waals surface area (Å²) in [5.74, 6) is 1.71. The molecule has 0 aromatic heterocycles. The van der Waals surface area contributed by atoms with Crippen molar-refractivity contribution in [1.82, 2.24) is 5.32 Å². The average Bonchev–Trinajstić information content (AvgIpc) is 2.41. The molecule has 2 rings (SSSR count). The molecule has 2 saturated carbocycles. The molecule has 0 aliphatic heterocycles. The number of nitrogens with one attached hydrogen (secondary N) is 1. The van der Waals surface area contributed by atoms with Crippen LogP contribution in [0.5, 0.6) is 0 Å². The van der Waals surface area contributed by atoms with E-state index in [1.165, 1.54) is 25.7 Å². The topological polar surface area (TPSA) is 55.1 Å². The van der Waals surface area contributed by atoms with Crippen molar-refractivity contribution in [2.45, 2.75) is 77.3 Å². The Morgan fingerprint density at radius 2 is 2.00 bits per heavy atom. The number of amides is 1. The molecule has 0 aromatic carbocycles. The number of hydrogen-bond donors (Lipinski definition) is 2. The predicted octanol–water partition coefficient (Wildman–Crippen LogP) is 2.83. The molecule has 2 fully saturated rings. The van der Waals surface area contributed by atoms with Crippen molar-refractivity contribution >= 4 is 5.91 Å². The highest BCUT2D eigenvalue weighted by Gasteiger charge is 2.33. The smallest absolute Gasteiger partial charge is 0.223 e. The molecule has 5 unspecified atom stereocenters. The summed E-state index contributed by atoms with van der Waals surface area (Å²) in [5.41, 5.74) is 6.02. The van der Waals surface area contributed by atoms with Crippen molar-refractivity contribution in [3.05, 3.63) is 0 Å². The van der Waals surface area contributed by atoms with Crippen LogP contribution in [0.3, 0.4) is 0 Å². The fourth-order valence-electron chi connectivity index (χ4n) is 3.82. The third-order valence-corrected chi connectivity index (χ3v) is 5.28. The van der Waals surface area contributed by atoms with Crippen molar-refractivity contribution in [1.29, 1.82) is 0 Å². The molecule has 1 amide bonds. The van der Waals surface area contributed by atoms with Gasteiger partial charge in [-0.3, -0.25) is 4.79 Å². The zero-order valence-electron chi connectivity index (χ0n) is 12.5. The summed E-state index contributed by atoms with van der Waals surface area (Å²) in [6, 6.07) is 0.637. The van der Waals surface area contributed by atoms with E-state index < -0.39 is 0 Å². The Balaban J connectivity index is 1.85. The first-order valence-electron chi connectivity index (χ1n) is 8.16. The first kappa shape index (κ1) is 14.8. The molecule has 3 heteroatoms. The molecule has 0 heterocycles. The van der Waals surface area contributed by atoms with E-state index in [0.717, 1.165) is 31.6 Å². The Morgan fingerprint density at radius 3 is 2.74 bits per heavy atom. The van der Waals surface area contributed by atoms with Gasteiger partial charge in [0.15, 0.2) is 0 Å². The second-order valence-electron chi connectivity index (χ2n) is 6.80. The summed E-state index contributed by atoms with van der Waals surface area (Å²) >= 11 is 0. The van der Waals surface area contributed by atoms with Gasteiger partial charge in [-0.15, -0.1) is 0 Å². The average molecular weight is 266 g/mol. The highest BCUT2D eigenvalue weighted by molar-refractivity contribution is 5.79. The van der Waals surface area contributed by atoms with Gasteiger partial charge >= 0.3 is 0 Å². The Morgan fingerprint density at radius 1 is 1.21 bits per heavy atom. The maximum atomic E-state index is 12.5. The van der Waals surface area contributed by atoms with E-state index >= 15 is 0 Å². The van der Waals surface area contributed by atoms with Gasteiger partial charge in [-0.2, -0.15) is 0 Å². The maximum Gasteiger partial charge on any atom is 0.223 e. The summed E-state index contributed by atoms with van der Waals surface area (Å²) < 4.78 is 0. The number of carbonyl (C=O) groups excluding carboxylic acids is 1. The lowest BCUT2D eigenvalue weighted by Crippen LogP contribution is -2.46. The molecule has 3 N–H and O–H groups in total. The van der Waals surface area contributed by atoms with Crippen LogP contribution in [0.1, 0.15) is 65.2 Å². The van der Waals surface area contributed by atoms with Gasteiger partial charge in [0.25, 0.3) is 0 Å². The molecular weight excluding hydrogens is 236 g/mol. The minimum absolute atomic E-state index is 0.144. The lowest BCUT2D eigenvalue weighted by atomic mass is 9.77. The minimum atomic E-state index is 0.144. The highest BCUT2D eigenvalue weighted by Crippen LogP contribution is 2.31. The van der Waals surface area contributed by atoms with E-state index in [0.29, 0.717) is 12.0 Å². The Hall–Kier alpha value is -0.570. The van der Waals surface area contributed by atoms with Gasteiger partial charge < -0.3 is 11.1 Å². The number of rotatable bonds is 3. The van der Waals surface area contributed by atoms with Crippen molar-refractivity contribution < 1.29 is 4.79 Å². The van der Waals surface area contributed by atoms with E-state index in [1.807, 2.05) is 0 Å². The summed E-state index contributed by atoms with van der Waals surface area (Å²) in [7, 11) is 0. The van der Waals surface area contributed by atoms with Gasteiger partial charge in [0.2, 0.25) is 5.91 Å². The van der Waals surface area contributed by atoms with Crippen molar-refractivity contribution in [3.8, 4) is 0 Å². The normalized spacial score (nSPS) is 39.8. The third-order valence-electron chi connectivity index (χ3n) is 5.28. The van der Waals surface area contributed by atoms with Crippen molar-refractivity contribution in [2.24, 2.45) is 23.5 Å². The Labute approximate surface area is 117 Å². The van der Waals surface area contributed by atoms with Crippen molar-refractivity contribution in [3.63, 3.8) is 0 Å². The van der Waals surface area contributed by atoms with Crippen LogP contribution >= 0.6 is 0 Å². The minimum Gasteiger partial charge on any atom is -0.353 e. The van der Waals surface area contributed by atoms with Crippen LogP contribution < -0.4 is 11.1 Å². The summed E-state index contributed by atoms with van der Waals surface area (Å²) in [6.07, 6.45) is 9.24. The van der Waals surface area contributed by atoms with E-state index in [2.05, 4.69) is 19.2 Å². The van der Waals surface area contributed by atoms with E-state index in [4.69, 9.17) is 5.73 Å². The summed E-state index contributed by atoms with van der Waals surface area (Å²) in [4.78, 5) is 12.5. The first-order chi connectivity index (χ1) is 9.10. The number of nitrogens with two attached hydrogens (primary N) is 1. The number of hydrogen-bond acceptors (Lipinski definition) is 2. The van der Waals surface area contributed by atoms with Gasteiger partial charge in [-0.05, 0) is 43.9 Å². The molecule has 0 spiro atoms. The monoisotopic (exact) mass is 266 g/mol. The second kappa shape index (κ2) is 6.74. The molecule has 0 aromatic rings. The Bertz CT molecular complexity index is 305. The summed E-state index contributed by atoms with van der Waals surface area (Å²) in [6.45, 7) is 4.46. The van der Waals surface area contributed by atoms with E-state index in [9.17, 15) is 4.79 Å². The molecule has 5 atom stereocenters.